The molecule has 0 heterocycles. The third kappa shape index (κ3) is 2.08. The number of nitrogen functional groups attached to an aromatic ring is 1. The van der Waals surface area contributed by atoms with Crippen molar-refractivity contribution in [3.8, 4) is 5.75 Å². The molecule has 0 amide bonds. The fourth-order valence-corrected chi connectivity index (χ4v) is 1.72. The Bertz CT molecular complexity index is 527. The van der Waals surface area contributed by atoms with Crippen LogP contribution in [-0.4, -0.2) is 8.76 Å². The highest BCUT2D eigenvalue weighted by Crippen LogP contribution is 2.27. The Morgan fingerprint density at radius 3 is 2.80 bits per heavy atom. The number of fused-ring (bicyclic) bond motifs is 1. The van der Waals surface area contributed by atoms with Crippen molar-refractivity contribution in [3.05, 3.63) is 36.4 Å². The lowest BCUT2D eigenvalue weighted by Crippen LogP contribution is -1.97. The van der Waals surface area contributed by atoms with Gasteiger partial charge in [-0.15, -0.1) is 0 Å². The quantitative estimate of drug-likeness (QED) is 0.602. The lowest BCUT2D eigenvalue weighted by atomic mass is 10.1. The molecule has 1 atom stereocenters. The van der Waals surface area contributed by atoms with Gasteiger partial charge in [0, 0.05) is 11.1 Å². The third-order valence-corrected chi connectivity index (χ3v) is 2.35. The highest BCUT2D eigenvalue weighted by Gasteiger charge is 2.04. The summed E-state index contributed by atoms with van der Waals surface area (Å²) in [5.41, 5.74) is 6.27. The smallest absolute Gasteiger partial charge is 0.357 e. The Morgan fingerprint density at radius 1 is 1.27 bits per heavy atom. The fourth-order valence-electron chi connectivity index (χ4n) is 1.42. The molecule has 0 spiro atoms. The van der Waals surface area contributed by atoms with Crippen molar-refractivity contribution >= 4 is 27.8 Å². The minimum absolute atomic E-state index is 0.369. The first-order chi connectivity index (χ1) is 7.16. The van der Waals surface area contributed by atoms with Crippen molar-refractivity contribution in [2.24, 2.45) is 0 Å². The maximum atomic E-state index is 10.5. The Balaban J connectivity index is 2.60. The van der Waals surface area contributed by atoms with Crippen LogP contribution < -0.4 is 9.92 Å². The standard InChI is InChI=1S/C10H9NO3S/c11-8-4-5-9-7(6-8)2-1-3-10(9)14-15(12)13/h1-6H,11H2,(H,12,13). The van der Waals surface area contributed by atoms with Crippen LogP contribution in [0.15, 0.2) is 36.4 Å². The van der Waals surface area contributed by atoms with Crippen molar-refractivity contribution in [1.82, 2.24) is 0 Å². The van der Waals surface area contributed by atoms with Gasteiger partial charge in [-0.25, -0.2) is 0 Å². The van der Waals surface area contributed by atoms with E-state index in [9.17, 15) is 4.21 Å². The minimum atomic E-state index is -2.31. The number of benzene rings is 2. The molecular formula is C10H9NO3S. The van der Waals surface area contributed by atoms with Gasteiger partial charge < -0.3 is 9.92 Å². The van der Waals surface area contributed by atoms with Gasteiger partial charge in [0.1, 0.15) is 5.75 Å². The van der Waals surface area contributed by atoms with E-state index in [0.717, 1.165) is 10.8 Å². The Hall–Kier alpha value is -1.59. The molecule has 0 saturated heterocycles. The summed E-state index contributed by atoms with van der Waals surface area (Å²) in [6, 6.07) is 10.5. The molecule has 1 unspecified atom stereocenters. The van der Waals surface area contributed by atoms with Crippen LogP contribution >= 0.6 is 0 Å². The summed E-state index contributed by atoms with van der Waals surface area (Å²) in [6.45, 7) is 0. The van der Waals surface area contributed by atoms with Gasteiger partial charge in [-0.1, -0.05) is 12.1 Å². The molecule has 2 aromatic rings. The maximum Gasteiger partial charge on any atom is 0.357 e. The van der Waals surface area contributed by atoms with E-state index >= 15 is 0 Å². The second-order valence-corrected chi connectivity index (χ2v) is 3.64. The van der Waals surface area contributed by atoms with Crippen LogP contribution in [0.1, 0.15) is 0 Å². The molecule has 0 fully saturated rings. The van der Waals surface area contributed by atoms with Crippen LogP contribution in [0.4, 0.5) is 5.69 Å². The Labute approximate surface area is 89.2 Å². The number of anilines is 1. The van der Waals surface area contributed by atoms with E-state index in [1.807, 2.05) is 6.07 Å². The highest BCUT2D eigenvalue weighted by atomic mass is 32.2. The van der Waals surface area contributed by atoms with Crippen LogP contribution in [0.5, 0.6) is 5.75 Å². The monoisotopic (exact) mass is 223 g/mol. The lowest BCUT2D eigenvalue weighted by Gasteiger charge is -2.05. The van der Waals surface area contributed by atoms with Crippen LogP contribution in [0, 0.1) is 0 Å². The second kappa shape index (κ2) is 3.88. The van der Waals surface area contributed by atoms with Crippen LogP contribution in [0.3, 0.4) is 0 Å². The van der Waals surface area contributed by atoms with Gasteiger partial charge in [-0.05, 0) is 29.7 Å². The van der Waals surface area contributed by atoms with E-state index in [1.54, 1.807) is 30.3 Å². The molecule has 0 aliphatic rings. The van der Waals surface area contributed by atoms with Crippen molar-refractivity contribution in [3.63, 3.8) is 0 Å². The molecule has 0 aliphatic carbocycles. The maximum absolute atomic E-state index is 10.5. The van der Waals surface area contributed by atoms with Crippen molar-refractivity contribution < 1.29 is 12.9 Å². The van der Waals surface area contributed by atoms with Gasteiger partial charge in [0.2, 0.25) is 0 Å². The van der Waals surface area contributed by atoms with Gasteiger partial charge in [-0.2, -0.15) is 4.21 Å². The predicted molar refractivity (Wildman–Crippen MR) is 59.8 cm³/mol. The summed E-state index contributed by atoms with van der Waals surface area (Å²) in [5.74, 6) is 0.369. The summed E-state index contributed by atoms with van der Waals surface area (Å²) in [4.78, 5) is 0. The van der Waals surface area contributed by atoms with Gasteiger partial charge in [-0.3, -0.25) is 4.55 Å². The van der Waals surface area contributed by atoms with Gasteiger partial charge in [0.15, 0.2) is 0 Å². The first-order valence-corrected chi connectivity index (χ1v) is 5.27. The Kier molecular flexibility index (Phi) is 2.57. The first kappa shape index (κ1) is 9.95. The summed E-state index contributed by atoms with van der Waals surface area (Å²) < 4.78 is 23.9. The molecule has 0 saturated carbocycles. The van der Waals surface area contributed by atoms with E-state index in [4.69, 9.17) is 14.5 Å². The topological polar surface area (TPSA) is 72.5 Å². The third-order valence-electron chi connectivity index (χ3n) is 2.03. The average molecular weight is 223 g/mol. The molecule has 3 N–H and O–H groups in total. The van der Waals surface area contributed by atoms with E-state index in [1.165, 1.54) is 0 Å². The fraction of sp³-hybridized carbons (Fsp3) is 0. The predicted octanol–water partition coefficient (Wildman–Crippen LogP) is 1.94. The first-order valence-electron chi connectivity index (χ1n) is 4.24. The number of hydrogen-bond acceptors (Lipinski definition) is 3. The molecule has 0 aromatic heterocycles. The number of rotatable bonds is 2. The molecule has 0 bridgehead atoms. The van der Waals surface area contributed by atoms with E-state index in [0.29, 0.717) is 11.4 Å². The van der Waals surface area contributed by atoms with Crippen molar-refractivity contribution in [1.29, 1.82) is 0 Å². The molecule has 15 heavy (non-hydrogen) atoms. The molecule has 0 radical (unpaired) electrons. The summed E-state index contributed by atoms with van der Waals surface area (Å²) in [6.07, 6.45) is 0. The SMILES string of the molecule is Nc1ccc2c(OS(=O)O)cccc2c1. The highest BCUT2D eigenvalue weighted by molar-refractivity contribution is 7.74. The largest absolute Gasteiger partial charge is 0.399 e. The zero-order chi connectivity index (χ0) is 10.8. The molecule has 2 aromatic carbocycles. The van der Waals surface area contributed by atoms with E-state index in [-0.39, 0.29) is 0 Å². The average Bonchev–Trinajstić information content (AvgIpc) is 2.16. The van der Waals surface area contributed by atoms with Crippen LogP contribution in [-0.2, 0) is 11.4 Å². The van der Waals surface area contributed by atoms with E-state index < -0.39 is 11.4 Å². The molecular weight excluding hydrogens is 214 g/mol. The van der Waals surface area contributed by atoms with Crippen LogP contribution in [0.25, 0.3) is 10.8 Å². The molecule has 5 heteroatoms. The number of hydrogen-bond donors (Lipinski definition) is 2. The van der Waals surface area contributed by atoms with Gasteiger partial charge in [0.25, 0.3) is 0 Å². The van der Waals surface area contributed by atoms with Gasteiger partial charge in [0.05, 0.1) is 0 Å². The van der Waals surface area contributed by atoms with Gasteiger partial charge >= 0.3 is 11.4 Å². The lowest BCUT2D eigenvalue weighted by molar-refractivity contribution is 0.460. The molecule has 78 valence electrons. The van der Waals surface area contributed by atoms with Crippen molar-refractivity contribution in [2.75, 3.05) is 5.73 Å². The normalized spacial score (nSPS) is 12.6. The zero-order valence-corrected chi connectivity index (χ0v) is 8.53. The summed E-state index contributed by atoms with van der Waals surface area (Å²) in [5, 5.41) is 1.63. The molecule has 0 aliphatic heterocycles. The van der Waals surface area contributed by atoms with E-state index in [2.05, 4.69) is 0 Å². The van der Waals surface area contributed by atoms with Crippen molar-refractivity contribution in [2.45, 2.75) is 0 Å². The zero-order valence-electron chi connectivity index (χ0n) is 7.71. The summed E-state index contributed by atoms with van der Waals surface area (Å²) >= 11 is -2.31. The summed E-state index contributed by atoms with van der Waals surface area (Å²) in [7, 11) is 0. The van der Waals surface area contributed by atoms with Crippen LogP contribution in [0.2, 0.25) is 0 Å². The molecule has 4 nitrogen and oxygen atoms in total. The second-order valence-electron chi connectivity index (χ2n) is 3.04. The Morgan fingerprint density at radius 2 is 2.07 bits per heavy atom. The molecule has 2 rings (SSSR count). The number of nitrogens with two attached hydrogens (primary N) is 1. The minimum Gasteiger partial charge on any atom is -0.399 e.